The zero-order valence-electron chi connectivity index (χ0n) is 21.2. The molecule has 2 aromatic heterocycles. The molecule has 6 rings (SSSR count). The van der Waals surface area contributed by atoms with E-state index in [9.17, 15) is 23.1 Å². The Labute approximate surface area is 222 Å². The van der Waals surface area contributed by atoms with E-state index in [0.29, 0.717) is 87.7 Å². The number of fused-ring (bicyclic) bond motifs is 1. The zero-order valence-corrected chi connectivity index (χ0v) is 21.2. The minimum atomic E-state index is -1.08. The molecule has 0 bridgehead atoms. The van der Waals surface area contributed by atoms with E-state index in [1.54, 1.807) is 15.7 Å². The number of halogens is 3. The van der Waals surface area contributed by atoms with Crippen LogP contribution in [0.4, 0.5) is 30.8 Å². The first-order chi connectivity index (χ1) is 18.9. The molecule has 1 amide bonds. The highest BCUT2D eigenvalue weighted by atomic mass is 19.1. The topological polar surface area (TPSA) is 117 Å². The lowest BCUT2D eigenvalue weighted by molar-refractivity contribution is -0.136. The van der Waals surface area contributed by atoms with Crippen molar-refractivity contribution >= 4 is 34.7 Å². The number of aliphatic hydroxyl groups excluding tert-OH is 1. The second-order valence-corrected chi connectivity index (χ2v) is 10.5. The number of aromatic nitrogens is 4. The number of nitrogens with zero attached hydrogens (tertiary/aromatic N) is 5. The average Bonchev–Trinajstić information content (AvgIpc) is 3.66. The van der Waals surface area contributed by atoms with Gasteiger partial charge in [0.05, 0.1) is 24.9 Å². The number of benzene rings is 1. The van der Waals surface area contributed by atoms with Crippen LogP contribution in [0.3, 0.4) is 0 Å². The summed E-state index contributed by atoms with van der Waals surface area (Å²) >= 11 is 0. The predicted molar refractivity (Wildman–Crippen MR) is 136 cm³/mol. The molecular formula is C26H30F3N7O3. The summed E-state index contributed by atoms with van der Waals surface area (Å²) in [6, 6.07) is 1.13. The number of nitrogens with one attached hydrogen (secondary N) is 2. The van der Waals surface area contributed by atoms with E-state index in [-0.39, 0.29) is 29.9 Å². The molecule has 1 saturated carbocycles. The van der Waals surface area contributed by atoms with Crippen LogP contribution in [0.25, 0.3) is 11.2 Å². The largest absolute Gasteiger partial charge is 0.391 e. The van der Waals surface area contributed by atoms with Gasteiger partial charge in [-0.15, -0.1) is 0 Å². The van der Waals surface area contributed by atoms with Gasteiger partial charge in [-0.3, -0.25) is 9.36 Å². The summed E-state index contributed by atoms with van der Waals surface area (Å²) in [5.74, 6) is -2.73. The lowest BCUT2D eigenvalue weighted by atomic mass is 9.85. The highest BCUT2D eigenvalue weighted by Gasteiger charge is 2.34. The summed E-state index contributed by atoms with van der Waals surface area (Å²) in [5, 5.41) is 15.8. The van der Waals surface area contributed by atoms with Crippen LogP contribution < -0.4 is 10.6 Å². The van der Waals surface area contributed by atoms with Gasteiger partial charge in [-0.2, -0.15) is 4.98 Å². The number of rotatable bonds is 6. The minimum absolute atomic E-state index is 0.0573. The van der Waals surface area contributed by atoms with Crippen LogP contribution >= 0.6 is 0 Å². The van der Waals surface area contributed by atoms with Gasteiger partial charge in [0.2, 0.25) is 17.8 Å². The molecule has 2 atom stereocenters. The Hall–Kier alpha value is -3.45. The first-order valence-corrected chi connectivity index (χ1v) is 13.3. The van der Waals surface area contributed by atoms with Crippen molar-refractivity contribution in [2.75, 3.05) is 36.9 Å². The van der Waals surface area contributed by atoms with Crippen molar-refractivity contribution < 1.29 is 27.8 Å². The fourth-order valence-corrected chi connectivity index (χ4v) is 5.78. The summed E-state index contributed by atoms with van der Waals surface area (Å²) in [6.45, 7) is 2.13. The van der Waals surface area contributed by atoms with Crippen LogP contribution in [0.15, 0.2) is 18.3 Å². The number of imidazole rings is 1. The van der Waals surface area contributed by atoms with Crippen molar-refractivity contribution in [3.8, 4) is 0 Å². The molecule has 3 aromatic rings. The molecule has 2 aliphatic heterocycles. The molecule has 208 valence electrons. The third-order valence-corrected chi connectivity index (χ3v) is 7.83. The molecule has 0 unspecified atom stereocenters. The van der Waals surface area contributed by atoms with Crippen LogP contribution in [0.2, 0.25) is 0 Å². The number of ether oxygens (including phenoxy) is 1. The normalized spacial score (nSPS) is 25.4. The van der Waals surface area contributed by atoms with E-state index in [4.69, 9.17) is 9.72 Å². The first kappa shape index (κ1) is 25.8. The van der Waals surface area contributed by atoms with E-state index in [1.807, 2.05) is 0 Å². The van der Waals surface area contributed by atoms with Crippen molar-refractivity contribution in [3.63, 3.8) is 0 Å². The number of carbonyl (C=O) groups is 1. The molecule has 3 aliphatic rings. The third-order valence-electron chi connectivity index (χ3n) is 7.83. The number of hydrogen-bond acceptors (Lipinski definition) is 8. The van der Waals surface area contributed by atoms with Crippen molar-refractivity contribution in [2.24, 2.45) is 5.92 Å². The average molecular weight is 546 g/mol. The maximum atomic E-state index is 14.5. The predicted octanol–water partition coefficient (Wildman–Crippen LogP) is 3.51. The van der Waals surface area contributed by atoms with Crippen molar-refractivity contribution in [1.82, 2.24) is 24.4 Å². The van der Waals surface area contributed by atoms with Gasteiger partial charge >= 0.3 is 0 Å². The summed E-state index contributed by atoms with van der Waals surface area (Å²) in [5.41, 5.74) is 0.394. The lowest BCUT2D eigenvalue weighted by Gasteiger charge is -2.32. The van der Waals surface area contributed by atoms with Crippen molar-refractivity contribution in [1.29, 1.82) is 0 Å². The number of hydrogen-bond donors (Lipinski definition) is 3. The monoisotopic (exact) mass is 545 g/mol. The smallest absolute Gasteiger partial charge is 0.225 e. The Morgan fingerprint density at radius 2 is 1.82 bits per heavy atom. The molecule has 3 fully saturated rings. The number of β-amino-alcohol motifs (C(OH)–C–C–N with tert-alkyl or cyclic N) is 1. The molecule has 0 radical (unpaired) electrons. The molecule has 3 N–H and O–H groups in total. The van der Waals surface area contributed by atoms with Gasteiger partial charge in [-0.05, 0) is 38.5 Å². The molecule has 1 aliphatic carbocycles. The fourth-order valence-electron chi connectivity index (χ4n) is 5.78. The molecule has 10 nitrogen and oxygen atoms in total. The van der Waals surface area contributed by atoms with E-state index in [1.165, 1.54) is 0 Å². The maximum Gasteiger partial charge on any atom is 0.225 e. The van der Waals surface area contributed by atoms with Crippen LogP contribution in [0, 0.1) is 23.4 Å². The van der Waals surface area contributed by atoms with E-state index >= 15 is 0 Å². The number of amides is 1. The summed E-state index contributed by atoms with van der Waals surface area (Å²) in [4.78, 5) is 28.3. The molecule has 4 heterocycles. The van der Waals surface area contributed by atoms with Crippen molar-refractivity contribution in [2.45, 2.75) is 56.7 Å². The van der Waals surface area contributed by atoms with Gasteiger partial charge in [0, 0.05) is 43.8 Å². The third kappa shape index (κ3) is 5.24. The van der Waals surface area contributed by atoms with Gasteiger partial charge in [0.15, 0.2) is 17.3 Å². The summed E-state index contributed by atoms with van der Waals surface area (Å²) in [6.07, 6.45) is 4.96. The quantitative estimate of drug-likeness (QED) is 0.431. The molecule has 39 heavy (non-hydrogen) atoms. The van der Waals surface area contributed by atoms with Gasteiger partial charge < -0.3 is 25.4 Å². The number of carbonyl (C=O) groups excluding carboxylic acids is 1. The van der Waals surface area contributed by atoms with Gasteiger partial charge in [0.25, 0.3) is 0 Å². The highest BCUT2D eigenvalue weighted by Crippen LogP contribution is 2.38. The number of aliphatic hydroxyl groups is 1. The van der Waals surface area contributed by atoms with Crippen LogP contribution in [-0.2, 0) is 9.53 Å². The molecule has 2 saturated heterocycles. The summed E-state index contributed by atoms with van der Waals surface area (Å²) < 4.78 is 49.8. The molecular weight excluding hydrogens is 515 g/mol. The zero-order chi connectivity index (χ0) is 27.1. The Morgan fingerprint density at radius 3 is 2.49 bits per heavy atom. The SMILES string of the molecule is O=C(C1CCC(n2c(Nc3c(F)cc(F)cc3F)nc3cnc(N[C@H]4CCOC4)nc32)CC1)N1CC[C@@H](O)C1. The van der Waals surface area contributed by atoms with Crippen molar-refractivity contribution in [3.05, 3.63) is 35.8 Å². The molecule has 1 aromatic carbocycles. The van der Waals surface area contributed by atoms with Crippen LogP contribution in [0.5, 0.6) is 0 Å². The second kappa shape index (κ2) is 10.6. The first-order valence-electron chi connectivity index (χ1n) is 13.3. The Balaban J connectivity index is 1.30. The summed E-state index contributed by atoms with van der Waals surface area (Å²) in [7, 11) is 0. The van der Waals surface area contributed by atoms with Gasteiger partial charge in [0.1, 0.15) is 17.0 Å². The Kier molecular flexibility index (Phi) is 7.02. The Bertz CT molecular complexity index is 1350. The van der Waals surface area contributed by atoms with E-state index in [0.717, 1.165) is 6.42 Å². The van der Waals surface area contributed by atoms with Crippen LogP contribution in [0.1, 0.15) is 44.6 Å². The number of likely N-dealkylation sites (tertiary alicyclic amines) is 1. The maximum absolute atomic E-state index is 14.5. The standard InChI is InChI=1S/C26H30F3N7O3/c27-15-9-19(28)22(20(29)10-15)33-26-32-21-11-30-25(31-16-6-8-39-13-16)34-23(21)36(26)17-3-1-14(2-4-17)24(38)35-7-5-18(37)12-35/h9-11,14,16-18,37H,1-8,12-13H2,(H,32,33)(H,30,31,34)/t14?,16-,17?,18+/m0/s1. The number of anilines is 3. The highest BCUT2D eigenvalue weighted by molar-refractivity contribution is 5.79. The van der Waals surface area contributed by atoms with E-state index < -0.39 is 29.2 Å². The van der Waals surface area contributed by atoms with Gasteiger partial charge in [-0.1, -0.05) is 0 Å². The lowest BCUT2D eigenvalue weighted by Crippen LogP contribution is -2.37. The molecule has 13 heteroatoms. The molecule has 0 spiro atoms. The van der Waals surface area contributed by atoms with Gasteiger partial charge in [-0.25, -0.2) is 23.1 Å². The fraction of sp³-hybridized carbons (Fsp3) is 0.538. The second-order valence-electron chi connectivity index (χ2n) is 10.5. The van der Waals surface area contributed by atoms with E-state index in [2.05, 4.69) is 20.6 Å². The Morgan fingerprint density at radius 1 is 1.05 bits per heavy atom. The van der Waals surface area contributed by atoms with Crippen LogP contribution in [-0.4, -0.2) is 73.9 Å². The minimum Gasteiger partial charge on any atom is -0.391 e.